The van der Waals surface area contributed by atoms with E-state index in [1.807, 2.05) is 6.92 Å². The first-order chi connectivity index (χ1) is 10.2. The predicted molar refractivity (Wildman–Crippen MR) is 79.4 cm³/mol. The topological polar surface area (TPSA) is 86.2 Å². The van der Waals surface area contributed by atoms with E-state index in [9.17, 15) is 9.59 Å². The number of hydrogen-bond donors (Lipinski definition) is 1. The lowest BCUT2D eigenvalue weighted by Gasteiger charge is -2.26. The van der Waals surface area contributed by atoms with Crippen LogP contribution >= 0.6 is 0 Å². The minimum absolute atomic E-state index is 0.123. The van der Waals surface area contributed by atoms with E-state index < -0.39 is 23.7 Å². The highest BCUT2D eigenvalue weighted by Crippen LogP contribution is 2.39. The monoisotopic (exact) mass is 312 g/mol. The van der Waals surface area contributed by atoms with Crippen LogP contribution in [0, 0.1) is 11.8 Å². The lowest BCUT2D eigenvalue weighted by molar-refractivity contribution is -0.148. The number of rotatable bonds is 3. The SMILES string of the molecule is CCOC(=O)[C@H]1C[C@H]2ON=C(C)[C@H]2[C@@H]1NC(=O)OC(C)(C)C. The standard InChI is InChI=1S/C15H24N2O5/c1-6-20-13(18)9-7-10-11(8(2)17-22-10)12(9)16-14(19)21-15(3,4)5/h9-12H,6-7H2,1-5H3,(H,16,19)/t9-,10+,11+,12+/m0/s1. The molecular weight excluding hydrogens is 288 g/mol. The Balaban J connectivity index is 2.13. The maximum Gasteiger partial charge on any atom is 0.407 e. The number of carbonyl (C=O) groups is 2. The van der Waals surface area contributed by atoms with Crippen molar-refractivity contribution in [2.45, 2.75) is 58.8 Å². The van der Waals surface area contributed by atoms with Gasteiger partial charge >= 0.3 is 12.1 Å². The molecule has 2 aliphatic rings. The molecule has 7 nitrogen and oxygen atoms in total. The number of nitrogens with one attached hydrogen (secondary N) is 1. The number of alkyl carbamates (subject to hydrolysis) is 1. The van der Waals surface area contributed by atoms with Gasteiger partial charge < -0.3 is 19.6 Å². The second-order valence-corrected chi connectivity index (χ2v) is 6.67. The van der Waals surface area contributed by atoms with Crippen LogP contribution < -0.4 is 5.32 Å². The molecule has 0 unspecified atom stereocenters. The molecule has 124 valence electrons. The van der Waals surface area contributed by atoms with E-state index >= 15 is 0 Å². The summed E-state index contributed by atoms with van der Waals surface area (Å²) in [5, 5.41) is 6.77. The lowest BCUT2D eigenvalue weighted by atomic mass is 9.94. The summed E-state index contributed by atoms with van der Waals surface area (Å²) in [6, 6.07) is -0.426. The molecule has 0 spiro atoms. The van der Waals surface area contributed by atoms with Crippen molar-refractivity contribution in [3.05, 3.63) is 0 Å². The number of esters is 1. The van der Waals surface area contributed by atoms with Crippen molar-refractivity contribution >= 4 is 17.8 Å². The Bertz CT molecular complexity index is 483. The van der Waals surface area contributed by atoms with Gasteiger partial charge in [-0.25, -0.2) is 4.79 Å². The van der Waals surface area contributed by atoms with E-state index in [2.05, 4.69) is 10.5 Å². The summed E-state index contributed by atoms with van der Waals surface area (Å²) in [6.45, 7) is 9.27. The quantitative estimate of drug-likeness (QED) is 0.804. The van der Waals surface area contributed by atoms with E-state index in [0.717, 1.165) is 5.71 Å². The zero-order chi connectivity index (χ0) is 16.5. The molecule has 22 heavy (non-hydrogen) atoms. The Hall–Kier alpha value is -1.79. The molecule has 2 rings (SSSR count). The first kappa shape index (κ1) is 16.6. The van der Waals surface area contributed by atoms with Crippen molar-refractivity contribution in [3.63, 3.8) is 0 Å². The fraction of sp³-hybridized carbons (Fsp3) is 0.800. The van der Waals surface area contributed by atoms with E-state index in [1.165, 1.54) is 0 Å². The van der Waals surface area contributed by atoms with Crippen LogP contribution in [-0.4, -0.2) is 42.1 Å². The number of amides is 1. The molecule has 7 heteroatoms. The number of nitrogens with zero attached hydrogens (tertiary/aromatic N) is 1. The molecule has 1 aliphatic heterocycles. The molecule has 0 aromatic heterocycles. The average molecular weight is 312 g/mol. The van der Waals surface area contributed by atoms with Crippen molar-refractivity contribution < 1.29 is 23.9 Å². The second-order valence-electron chi connectivity index (χ2n) is 6.67. The molecule has 1 aliphatic carbocycles. The summed E-state index contributed by atoms with van der Waals surface area (Å²) in [5.74, 6) is -0.899. The molecule has 4 atom stereocenters. The van der Waals surface area contributed by atoms with Crippen LogP contribution in [0.4, 0.5) is 4.79 Å². The third-order valence-corrected chi connectivity index (χ3v) is 3.79. The first-order valence-electron chi connectivity index (χ1n) is 7.59. The largest absolute Gasteiger partial charge is 0.466 e. The Kier molecular flexibility index (Phi) is 4.63. The highest BCUT2D eigenvalue weighted by Gasteiger charge is 2.53. The first-order valence-corrected chi connectivity index (χ1v) is 7.59. The Morgan fingerprint density at radius 1 is 1.41 bits per heavy atom. The molecule has 0 aromatic carbocycles. The van der Waals surface area contributed by atoms with Gasteiger partial charge in [-0.2, -0.15) is 0 Å². The van der Waals surface area contributed by atoms with Gasteiger partial charge in [0.25, 0.3) is 0 Å². The van der Waals surface area contributed by atoms with Gasteiger partial charge in [-0.15, -0.1) is 0 Å². The second kappa shape index (κ2) is 6.14. The minimum Gasteiger partial charge on any atom is -0.466 e. The van der Waals surface area contributed by atoms with Crippen LogP contribution in [0.3, 0.4) is 0 Å². The molecule has 1 heterocycles. The van der Waals surface area contributed by atoms with Crippen molar-refractivity contribution in [1.29, 1.82) is 0 Å². The van der Waals surface area contributed by atoms with Crippen LogP contribution in [0.1, 0.15) is 41.0 Å². The van der Waals surface area contributed by atoms with Crippen molar-refractivity contribution in [1.82, 2.24) is 5.32 Å². The number of hydrogen-bond acceptors (Lipinski definition) is 6. The highest BCUT2D eigenvalue weighted by atomic mass is 16.6. The van der Waals surface area contributed by atoms with Gasteiger partial charge in [0.1, 0.15) is 11.7 Å². The fourth-order valence-corrected chi connectivity index (χ4v) is 3.00. The van der Waals surface area contributed by atoms with Crippen LogP contribution in [0.5, 0.6) is 0 Å². The summed E-state index contributed by atoms with van der Waals surface area (Å²) in [6.07, 6.45) is -0.272. The number of carbonyl (C=O) groups excluding carboxylic acids is 2. The van der Waals surface area contributed by atoms with Gasteiger partial charge in [0, 0.05) is 6.42 Å². The van der Waals surface area contributed by atoms with Gasteiger partial charge in [-0.3, -0.25) is 4.79 Å². The molecular formula is C15H24N2O5. The van der Waals surface area contributed by atoms with Crippen molar-refractivity contribution in [2.75, 3.05) is 6.61 Å². The lowest BCUT2D eigenvalue weighted by Crippen LogP contribution is -2.48. The number of ether oxygens (including phenoxy) is 2. The summed E-state index contributed by atoms with van der Waals surface area (Å²) in [4.78, 5) is 29.6. The number of fused-ring (bicyclic) bond motifs is 1. The summed E-state index contributed by atoms with van der Waals surface area (Å²) in [7, 11) is 0. The molecule has 0 bridgehead atoms. The molecule has 0 radical (unpaired) electrons. The summed E-state index contributed by atoms with van der Waals surface area (Å²) in [5.41, 5.74) is 0.175. The predicted octanol–water partition coefficient (Wildman–Crippen LogP) is 1.85. The van der Waals surface area contributed by atoms with Crippen molar-refractivity contribution in [3.8, 4) is 0 Å². The van der Waals surface area contributed by atoms with Crippen LogP contribution in [0.25, 0.3) is 0 Å². The molecule has 1 amide bonds. The maximum atomic E-state index is 12.2. The van der Waals surface area contributed by atoms with Gasteiger partial charge in [-0.1, -0.05) is 5.16 Å². The van der Waals surface area contributed by atoms with E-state index in [1.54, 1.807) is 27.7 Å². The van der Waals surface area contributed by atoms with E-state index in [4.69, 9.17) is 14.3 Å². The third-order valence-electron chi connectivity index (χ3n) is 3.79. The fourth-order valence-electron chi connectivity index (χ4n) is 3.00. The van der Waals surface area contributed by atoms with Crippen LogP contribution in [0.15, 0.2) is 5.16 Å². The van der Waals surface area contributed by atoms with Gasteiger partial charge in [-0.05, 0) is 34.6 Å². The minimum atomic E-state index is -0.600. The zero-order valence-electron chi connectivity index (χ0n) is 13.7. The summed E-state index contributed by atoms with van der Waals surface area (Å²) < 4.78 is 10.4. The normalized spacial score (nSPS) is 30.1. The van der Waals surface area contributed by atoms with Crippen LogP contribution in [0.2, 0.25) is 0 Å². The van der Waals surface area contributed by atoms with E-state index in [0.29, 0.717) is 13.0 Å². The molecule has 0 saturated heterocycles. The van der Waals surface area contributed by atoms with Crippen molar-refractivity contribution in [2.24, 2.45) is 17.0 Å². The molecule has 1 fully saturated rings. The molecule has 1 saturated carbocycles. The van der Waals surface area contributed by atoms with Gasteiger partial charge in [0.05, 0.1) is 30.2 Å². The van der Waals surface area contributed by atoms with Gasteiger partial charge in [0.2, 0.25) is 0 Å². The van der Waals surface area contributed by atoms with Crippen LogP contribution in [-0.2, 0) is 19.1 Å². The van der Waals surface area contributed by atoms with E-state index in [-0.39, 0.29) is 18.0 Å². The summed E-state index contributed by atoms with van der Waals surface area (Å²) >= 11 is 0. The molecule has 1 N–H and O–H groups in total. The Labute approximate surface area is 130 Å². The highest BCUT2D eigenvalue weighted by molar-refractivity contribution is 5.89. The third kappa shape index (κ3) is 3.51. The maximum absolute atomic E-state index is 12.2. The zero-order valence-corrected chi connectivity index (χ0v) is 13.7. The Morgan fingerprint density at radius 3 is 2.68 bits per heavy atom. The smallest absolute Gasteiger partial charge is 0.407 e. The number of oxime groups is 1. The average Bonchev–Trinajstić information content (AvgIpc) is 2.89. The van der Waals surface area contributed by atoms with Gasteiger partial charge in [0.15, 0.2) is 0 Å². The molecule has 0 aromatic rings. The Morgan fingerprint density at radius 2 is 2.09 bits per heavy atom.